The summed E-state index contributed by atoms with van der Waals surface area (Å²) in [6.07, 6.45) is 3.71. The molecule has 0 radical (unpaired) electrons. The molecule has 19 aromatic carbocycles. The topological polar surface area (TPSA) is 35.7 Å². The Morgan fingerprint density at radius 3 is 1.06 bits per heavy atom. The van der Waals surface area contributed by atoms with Crippen LogP contribution < -0.4 is 19.6 Å². The van der Waals surface area contributed by atoms with Crippen LogP contribution in [0.15, 0.2) is 504 Å². The number of fused-ring (bicyclic) bond motifs is 9. The minimum absolute atomic E-state index is 1.04. The molecule has 600 valence electrons. The fourth-order valence-electron chi connectivity index (χ4n) is 18.4. The van der Waals surface area contributed by atoms with Crippen molar-refractivity contribution in [3.8, 4) is 67.0 Å². The van der Waals surface area contributed by atoms with E-state index in [1.165, 1.54) is 80.5 Å². The van der Waals surface area contributed by atoms with Crippen LogP contribution in [0.25, 0.3) is 131 Å². The third-order valence-electron chi connectivity index (χ3n) is 24.2. The van der Waals surface area contributed by atoms with Crippen LogP contribution in [-0.4, -0.2) is 14.1 Å². The second-order valence-corrected chi connectivity index (χ2v) is 32.9. The minimum Gasteiger partial charge on any atom is -0.310 e. The number of hydrogen-bond donors (Lipinski definition) is 0. The monoisotopic (exact) mass is 1640 g/mol. The standard InChI is InChI=1S/C65H46N4.C54H37N3S/c1-4-16-47(17-5-1)49-30-35-55(36-31-49)67(56-37-32-50(33-38-56)48-18-6-2-7-19-48)58-24-15-25-59(46-58)68(54-21-8-3-9-22-54)63-28-12-10-26-60(63)53-34-39-62-61-27-11-13-29-64(61)69(65(62)45-53)57-23-14-20-52(44-57)51-40-42-66-43-41-51;1-4-18-39(19-5-1)55(42-33-35-54-47(37-42)46-26-12-17-31-53(46)58-54)50-29-15-16-30-51(50)56(40-20-6-2-7-21-40)48-27-13-10-24-43(48)38-32-34-45-44-25-11-14-28-49(44)57(52(45)36-38)41-22-8-3-9-23-41/h1-46H;1-37H. The van der Waals surface area contributed by atoms with Gasteiger partial charge in [-0.25, -0.2) is 0 Å². The van der Waals surface area contributed by atoms with Gasteiger partial charge in [0, 0.05) is 122 Å². The molecule has 0 N–H and O–H groups in total. The summed E-state index contributed by atoms with van der Waals surface area (Å²) in [6.45, 7) is 0. The Morgan fingerprint density at radius 2 is 0.512 bits per heavy atom. The Morgan fingerprint density at radius 1 is 0.173 bits per heavy atom. The Kier molecular flexibility index (Phi) is 20.5. The first-order valence-electron chi connectivity index (χ1n) is 43.1. The number of para-hydroxylation sites is 10. The molecule has 0 saturated heterocycles. The van der Waals surface area contributed by atoms with Crippen molar-refractivity contribution in [1.29, 1.82) is 0 Å². The zero-order chi connectivity index (χ0) is 84.4. The summed E-state index contributed by atoms with van der Waals surface area (Å²) in [6, 6.07) is 177. The van der Waals surface area contributed by atoms with E-state index in [4.69, 9.17) is 0 Å². The van der Waals surface area contributed by atoms with E-state index < -0.39 is 0 Å². The Bertz CT molecular complexity index is 7790. The first-order valence-corrected chi connectivity index (χ1v) is 43.9. The molecule has 0 fully saturated rings. The molecule has 23 aromatic rings. The van der Waals surface area contributed by atoms with Gasteiger partial charge in [-0.3, -0.25) is 4.98 Å². The molecule has 0 bridgehead atoms. The van der Waals surface area contributed by atoms with E-state index in [-0.39, 0.29) is 0 Å². The highest BCUT2D eigenvalue weighted by atomic mass is 32.1. The first kappa shape index (κ1) is 76.5. The lowest BCUT2D eigenvalue weighted by Gasteiger charge is -2.34. The van der Waals surface area contributed by atoms with Crippen molar-refractivity contribution >= 4 is 143 Å². The fourth-order valence-corrected chi connectivity index (χ4v) is 19.5. The number of aromatic nitrogens is 3. The third kappa shape index (κ3) is 14.7. The highest BCUT2D eigenvalue weighted by Gasteiger charge is 2.27. The highest BCUT2D eigenvalue weighted by Crippen LogP contribution is 2.52. The number of hydrogen-bond acceptors (Lipinski definition) is 6. The molecular formula is C119H83N7S. The van der Waals surface area contributed by atoms with Gasteiger partial charge in [-0.05, 0) is 233 Å². The average molecular weight is 1640 g/mol. The largest absolute Gasteiger partial charge is 0.310 e. The molecule has 0 amide bonds. The van der Waals surface area contributed by atoms with E-state index in [9.17, 15) is 0 Å². The zero-order valence-corrected chi connectivity index (χ0v) is 70.3. The van der Waals surface area contributed by atoms with Gasteiger partial charge in [0.1, 0.15) is 0 Å². The highest BCUT2D eigenvalue weighted by molar-refractivity contribution is 7.25. The number of benzene rings is 19. The van der Waals surface area contributed by atoms with Crippen molar-refractivity contribution in [2.24, 2.45) is 0 Å². The van der Waals surface area contributed by atoms with Crippen molar-refractivity contribution in [2.45, 2.75) is 0 Å². The van der Waals surface area contributed by atoms with E-state index in [0.29, 0.717) is 0 Å². The van der Waals surface area contributed by atoms with Crippen molar-refractivity contribution in [2.75, 3.05) is 19.6 Å². The lowest BCUT2D eigenvalue weighted by atomic mass is 9.99. The molecule has 127 heavy (non-hydrogen) atoms. The van der Waals surface area contributed by atoms with Gasteiger partial charge in [-0.2, -0.15) is 0 Å². The molecule has 23 rings (SSSR count). The molecule has 0 saturated carbocycles. The lowest BCUT2D eigenvalue weighted by molar-refractivity contribution is 1.18. The Balaban J connectivity index is 0.000000152. The summed E-state index contributed by atoms with van der Waals surface area (Å²) >= 11 is 1.85. The number of thiophene rings is 1. The SMILES string of the molecule is c1ccc(-c2ccc(N(c3ccc(-c4ccccc4)cc3)c3cccc(N(c4ccccc4)c4ccccc4-c4ccc5c6ccccc6n(-c6cccc(-c7ccncc7)c6)c5c4)c3)cc2)cc1.c1ccc(N(c2ccc3sc4ccccc4c3c2)c2ccccc2N(c2ccccc2)c2ccccc2-c2ccc3c4ccccc4n(-c4ccccc4)c3c2)cc1. The van der Waals surface area contributed by atoms with Crippen LogP contribution >= 0.6 is 11.3 Å². The maximum absolute atomic E-state index is 4.27. The summed E-state index contributed by atoms with van der Waals surface area (Å²) < 4.78 is 7.39. The van der Waals surface area contributed by atoms with Gasteiger partial charge in [-0.15, -0.1) is 11.3 Å². The number of nitrogens with zero attached hydrogens (tertiary/aromatic N) is 7. The first-order chi connectivity index (χ1) is 63.0. The molecule has 4 aromatic heterocycles. The van der Waals surface area contributed by atoms with E-state index in [1.807, 2.05) is 23.7 Å². The van der Waals surface area contributed by atoms with Gasteiger partial charge in [0.15, 0.2) is 0 Å². The Hall–Kier alpha value is -16.7. The molecule has 8 heteroatoms. The maximum atomic E-state index is 4.27. The molecular weight excluding hydrogens is 1560 g/mol. The predicted octanol–water partition coefficient (Wildman–Crippen LogP) is 33.5. The molecule has 0 aliphatic rings. The number of rotatable bonds is 19. The normalized spacial score (nSPS) is 11.3. The summed E-state index contributed by atoms with van der Waals surface area (Å²) in [5.41, 5.74) is 31.4. The van der Waals surface area contributed by atoms with Crippen LogP contribution in [0.3, 0.4) is 0 Å². The van der Waals surface area contributed by atoms with Crippen LogP contribution in [0, 0.1) is 0 Å². The number of anilines is 12. The van der Waals surface area contributed by atoms with Crippen molar-refractivity contribution in [3.63, 3.8) is 0 Å². The molecule has 0 atom stereocenters. The average Bonchev–Trinajstić information content (AvgIpc) is 1.62. The number of pyridine rings is 1. The van der Waals surface area contributed by atoms with Gasteiger partial charge in [0.2, 0.25) is 0 Å². The van der Waals surface area contributed by atoms with Crippen LogP contribution in [0.2, 0.25) is 0 Å². The molecule has 0 unspecified atom stereocenters. The summed E-state index contributed by atoms with van der Waals surface area (Å²) in [7, 11) is 0. The quantitative estimate of drug-likeness (QED) is 0.0806. The smallest absolute Gasteiger partial charge is 0.0702 e. The second kappa shape index (κ2) is 34.0. The van der Waals surface area contributed by atoms with E-state index >= 15 is 0 Å². The summed E-state index contributed by atoms with van der Waals surface area (Å²) in [4.78, 5) is 13.9. The third-order valence-corrected chi connectivity index (χ3v) is 25.4. The Labute approximate surface area is 742 Å². The molecule has 0 aliphatic carbocycles. The minimum atomic E-state index is 1.04. The molecule has 7 nitrogen and oxygen atoms in total. The van der Waals surface area contributed by atoms with Gasteiger partial charge in [-0.1, -0.05) is 303 Å². The van der Waals surface area contributed by atoms with Crippen LogP contribution in [0.1, 0.15) is 0 Å². The van der Waals surface area contributed by atoms with Gasteiger partial charge in [0.25, 0.3) is 0 Å². The van der Waals surface area contributed by atoms with Gasteiger partial charge >= 0.3 is 0 Å². The second-order valence-electron chi connectivity index (χ2n) is 31.8. The summed E-state index contributed by atoms with van der Waals surface area (Å²) in [5.74, 6) is 0. The van der Waals surface area contributed by atoms with Gasteiger partial charge in [0.05, 0.1) is 44.8 Å². The molecule has 4 heterocycles. The van der Waals surface area contributed by atoms with Crippen LogP contribution in [0.5, 0.6) is 0 Å². The molecule has 0 spiro atoms. The van der Waals surface area contributed by atoms with E-state index in [1.54, 1.807) is 0 Å². The molecule has 0 aliphatic heterocycles. The zero-order valence-electron chi connectivity index (χ0n) is 69.5. The van der Waals surface area contributed by atoms with Gasteiger partial charge < -0.3 is 28.7 Å². The lowest BCUT2D eigenvalue weighted by Crippen LogP contribution is -2.17. The summed E-state index contributed by atoms with van der Waals surface area (Å²) in [5, 5.41) is 7.47. The maximum Gasteiger partial charge on any atom is 0.0702 e. The van der Waals surface area contributed by atoms with E-state index in [0.717, 1.165) is 119 Å². The van der Waals surface area contributed by atoms with Crippen molar-refractivity contribution in [1.82, 2.24) is 14.1 Å². The predicted molar refractivity (Wildman–Crippen MR) is 538 cm³/mol. The van der Waals surface area contributed by atoms with Crippen LogP contribution in [0.4, 0.5) is 68.2 Å². The van der Waals surface area contributed by atoms with Crippen LogP contribution in [-0.2, 0) is 0 Å². The van der Waals surface area contributed by atoms with Crippen molar-refractivity contribution < 1.29 is 0 Å². The fraction of sp³-hybridized carbons (Fsp3) is 0. The van der Waals surface area contributed by atoms with E-state index in [2.05, 4.69) is 525 Å². The van der Waals surface area contributed by atoms with Crippen molar-refractivity contribution in [3.05, 3.63) is 504 Å².